The molecule has 0 atom stereocenters. The van der Waals surface area contributed by atoms with Crippen LogP contribution < -0.4 is 10.6 Å². The van der Waals surface area contributed by atoms with Crippen molar-refractivity contribution in [2.75, 3.05) is 11.9 Å². The van der Waals surface area contributed by atoms with Crippen LogP contribution in [0.3, 0.4) is 0 Å². The quantitative estimate of drug-likeness (QED) is 0.399. The van der Waals surface area contributed by atoms with E-state index >= 15 is 0 Å². The zero-order valence-electron chi connectivity index (χ0n) is 16.6. The van der Waals surface area contributed by atoms with Crippen LogP contribution in [-0.2, 0) is 19.6 Å². The van der Waals surface area contributed by atoms with Gasteiger partial charge in [-0.3, -0.25) is 14.0 Å². The number of halogens is 2. The molecule has 0 saturated carbocycles. The average molecular weight is 455 g/mol. The lowest BCUT2D eigenvalue weighted by atomic mass is 10.2. The maximum absolute atomic E-state index is 6.14. The molecular weight excluding hydrogens is 431 g/mol. The van der Waals surface area contributed by atoms with Crippen molar-refractivity contribution in [3.05, 3.63) is 45.7 Å². The largest absolute Gasteiger partial charge is 0.362 e. The maximum Gasteiger partial charge on any atom is 0.170 e. The van der Waals surface area contributed by atoms with Crippen molar-refractivity contribution in [2.45, 2.75) is 46.8 Å². The number of thiocarbonyl (C=S) groups is 1. The SMILES string of the molecule is CCn1ncc(Cn2cc(NC(=S)NCCCn3nc(C)c(Cl)c3Cl)cn2)c1C. The van der Waals surface area contributed by atoms with E-state index in [-0.39, 0.29) is 0 Å². The Balaban J connectivity index is 1.44. The van der Waals surface area contributed by atoms with Gasteiger partial charge in [0.25, 0.3) is 0 Å². The molecule has 0 fully saturated rings. The Hall–Kier alpha value is -2.10. The average Bonchev–Trinajstić information content (AvgIpc) is 3.35. The van der Waals surface area contributed by atoms with E-state index in [1.54, 1.807) is 10.9 Å². The summed E-state index contributed by atoms with van der Waals surface area (Å²) in [7, 11) is 0. The van der Waals surface area contributed by atoms with E-state index in [4.69, 9.17) is 35.4 Å². The van der Waals surface area contributed by atoms with Gasteiger partial charge in [-0.15, -0.1) is 0 Å². The van der Waals surface area contributed by atoms with Crippen LogP contribution in [0.4, 0.5) is 5.69 Å². The number of anilines is 1. The van der Waals surface area contributed by atoms with E-state index < -0.39 is 0 Å². The molecule has 0 unspecified atom stereocenters. The molecule has 0 aliphatic carbocycles. The van der Waals surface area contributed by atoms with Crippen molar-refractivity contribution in [2.24, 2.45) is 0 Å². The van der Waals surface area contributed by atoms with Crippen LogP contribution in [0.1, 0.15) is 30.3 Å². The first-order valence-corrected chi connectivity index (χ1v) is 10.5. The van der Waals surface area contributed by atoms with E-state index in [1.807, 2.05) is 28.7 Å². The lowest BCUT2D eigenvalue weighted by molar-refractivity contribution is 0.571. The minimum atomic E-state index is 0.469. The molecule has 0 aliphatic rings. The molecule has 3 heterocycles. The standard InChI is InChI=1S/C18H24Cl2N8S/c1-4-27-13(3)14(8-23-27)10-26-11-15(9-22-26)24-18(29)21-6-5-7-28-17(20)16(19)12(2)25-28/h8-9,11H,4-7,10H2,1-3H3,(H2,21,24,29). The summed E-state index contributed by atoms with van der Waals surface area (Å²) in [6.45, 7) is 8.84. The molecule has 0 bridgehead atoms. The zero-order valence-corrected chi connectivity index (χ0v) is 18.9. The van der Waals surface area contributed by atoms with Gasteiger partial charge in [0.2, 0.25) is 0 Å². The summed E-state index contributed by atoms with van der Waals surface area (Å²) >= 11 is 17.5. The molecule has 3 aromatic rings. The van der Waals surface area contributed by atoms with Gasteiger partial charge in [-0.05, 0) is 39.4 Å². The smallest absolute Gasteiger partial charge is 0.170 e. The van der Waals surface area contributed by atoms with Crippen LogP contribution in [0.2, 0.25) is 10.2 Å². The predicted octanol–water partition coefficient (Wildman–Crippen LogP) is 3.64. The summed E-state index contributed by atoms with van der Waals surface area (Å²) in [5, 5.41) is 20.9. The van der Waals surface area contributed by atoms with Gasteiger partial charge in [-0.1, -0.05) is 23.2 Å². The summed E-state index contributed by atoms with van der Waals surface area (Å²) in [6.07, 6.45) is 6.37. The fourth-order valence-electron chi connectivity index (χ4n) is 2.93. The minimum absolute atomic E-state index is 0.469. The van der Waals surface area contributed by atoms with Crippen molar-refractivity contribution in [3.63, 3.8) is 0 Å². The molecule has 11 heteroatoms. The van der Waals surface area contributed by atoms with Gasteiger partial charge >= 0.3 is 0 Å². The molecule has 0 spiro atoms. The molecule has 3 aromatic heterocycles. The van der Waals surface area contributed by atoms with Crippen LogP contribution in [0.25, 0.3) is 0 Å². The second kappa shape index (κ2) is 9.60. The second-order valence-corrected chi connectivity index (χ2v) is 7.79. The van der Waals surface area contributed by atoms with Gasteiger partial charge in [-0.25, -0.2) is 0 Å². The first-order valence-electron chi connectivity index (χ1n) is 9.36. The highest BCUT2D eigenvalue weighted by atomic mass is 35.5. The number of nitrogens with zero attached hydrogens (tertiary/aromatic N) is 6. The van der Waals surface area contributed by atoms with Gasteiger partial charge in [0.05, 0.1) is 30.3 Å². The number of hydrogen-bond acceptors (Lipinski definition) is 4. The van der Waals surface area contributed by atoms with Gasteiger partial charge < -0.3 is 10.6 Å². The van der Waals surface area contributed by atoms with Gasteiger partial charge in [0.15, 0.2) is 5.11 Å². The van der Waals surface area contributed by atoms with E-state index in [9.17, 15) is 0 Å². The van der Waals surface area contributed by atoms with Crippen LogP contribution in [-0.4, -0.2) is 41.0 Å². The molecule has 156 valence electrons. The maximum atomic E-state index is 6.14. The summed E-state index contributed by atoms with van der Waals surface area (Å²) in [5.41, 5.74) is 3.87. The molecule has 29 heavy (non-hydrogen) atoms. The Morgan fingerprint density at radius 3 is 2.62 bits per heavy atom. The number of aromatic nitrogens is 6. The topological polar surface area (TPSA) is 77.5 Å². The van der Waals surface area contributed by atoms with Crippen molar-refractivity contribution in [1.29, 1.82) is 0 Å². The minimum Gasteiger partial charge on any atom is -0.362 e. The van der Waals surface area contributed by atoms with E-state index in [2.05, 4.69) is 39.8 Å². The van der Waals surface area contributed by atoms with Crippen molar-refractivity contribution < 1.29 is 0 Å². The lowest BCUT2D eigenvalue weighted by Crippen LogP contribution is -2.29. The van der Waals surface area contributed by atoms with Gasteiger partial charge in [0, 0.05) is 37.1 Å². The molecule has 0 aromatic carbocycles. The van der Waals surface area contributed by atoms with Crippen molar-refractivity contribution in [1.82, 2.24) is 34.7 Å². The van der Waals surface area contributed by atoms with Crippen molar-refractivity contribution in [3.8, 4) is 0 Å². The Morgan fingerprint density at radius 2 is 1.97 bits per heavy atom. The number of nitrogens with one attached hydrogen (secondary N) is 2. The van der Waals surface area contributed by atoms with E-state index in [0.29, 0.717) is 34.9 Å². The fourth-order valence-corrected chi connectivity index (χ4v) is 3.55. The van der Waals surface area contributed by atoms with Gasteiger partial charge in [-0.2, -0.15) is 15.3 Å². The zero-order chi connectivity index (χ0) is 21.0. The van der Waals surface area contributed by atoms with Crippen molar-refractivity contribution >= 4 is 46.2 Å². The molecular formula is C18H24Cl2N8S. The monoisotopic (exact) mass is 454 g/mol. The summed E-state index contributed by atoms with van der Waals surface area (Å²) < 4.78 is 5.54. The predicted molar refractivity (Wildman–Crippen MR) is 120 cm³/mol. The Kier molecular flexibility index (Phi) is 7.15. The highest BCUT2D eigenvalue weighted by molar-refractivity contribution is 7.80. The first-order chi connectivity index (χ1) is 13.9. The Labute approximate surface area is 185 Å². The van der Waals surface area contributed by atoms with E-state index in [0.717, 1.165) is 35.6 Å². The number of hydrogen-bond donors (Lipinski definition) is 2. The number of rotatable bonds is 8. The summed E-state index contributed by atoms with van der Waals surface area (Å²) in [4.78, 5) is 0. The third-order valence-electron chi connectivity index (χ3n) is 4.56. The highest BCUT2D eigenvalue weighted by Gasteiger charge is 2.11. The summed E-state index contributed by atoms with van der Waals surface area (Å²) in [5.74, 6) is 0. The Bertz CT molecular complexity index is 990. The molecule has 0 saturated heterocycles. The normalized spacial score (nSPS) is 11.1. The van der Waals surface area contributed by atoms with Crippen LogP contribution in [0.15, 0.2) is 18.6 Å². The fraction of sp³-hybridized carbons (Fsp3) is 0.444. The molecule has 3 rings (SSSR count). The number of aryl methyl sites for hydroxylation is 3. The van der Waals surface area contributed by atoms with Crippen LogP contribution >= 0.6 is 35.4 Å². The molecule has 2 N–H and O–H groups in total. The third kappa shape index (κ3) is 5.29. The first kappa shape index (κ1) is 21.6. The van der Waals surface area contributed by atoms with E-state index in [1.165, 1.54) is 0 Å². The van der Waals surface area contributed by atoms with Crippen LogP contribution in [0.5, 0.6) is 0 Å². The Morgan fingerprint density at radius 1 is 1.17 bits per heavy atom. The van der Waals surface area contributed by atoms with Gasteiger partial charge in [0.1, 0.15) is 10.2 Å². The second-order valence-electron chi connectivity index (χ2n) is 6.65. The lowest BCUT2D eigenvalue weighted by Gasteiger charge is -2.09. The molecule has 0 amide bonds. The van der Waals surface area contributed by atoms with Crippen LogP contribution in [0, 0.1) is 13.8 Å². The molecule has 0 aliphatic heterocycles. The molecule has 8 nitrogen and oxygen atoms in total. The highest BCUT2D eigenvalue weighted by Crippen LogP contribution is 2.24. The molecule has 0 radical (unpaired) electrons. The third-order valence-corrected chi connectivity index (χ3v) is 5.74. The summed E-state index contributed by atoms with van der Waals surface area (Å²) in [6, 6.07) is 0.